The number of nitrogens with one attached hydrogen (secondary N) is 1. The quantitative estimate of drug-likeness (QED) is 0.711. The molecule has 0 saturated heterocycles. The Kier molecular flexibility index (Phi) is 1.77. The van der Waals surface area contributed by atoms with Crippen molar-refractivity contribution in [2.45, 2.75) is 25.4 Å². The zero-order valence-electron chi connectivity index (χ0n) is 7.58. The summed E-state index contributed by atoms with van der Waals surface area (Å²) in [5.74, 6) is 0.360. The fourth-order valence-electron chi connectivity index (χ4n) is 1.83. The molecule has 1 saturated carbocycles. The lowest BCUT2D eigenvalue weighted by atomic mass is 10.1. The van der Waals surface area contributed by atoms with E-state index < -0.39 is 5.60 Å². The van der Waals surface area contributed by atoms with Crippen molar-refractivity contribution in [2.75, 3.05) is 0 Å². The van der Waals surface area contributed by atoms with Crippen LogP contribution in [0.3, 0.4) is 0 Å². The van der Waals surface area contributed by atoms with Crippen LogP contribution in [0, 0.1) is 5.92 Å². The summed E-state index contributed by atoms with van der Waals surface area (Å²) in [7, 11) is 0. The van der Waals surface area contributed by atoms with Crippen molar-refractivity contribution in [2.24, 2.45) is 5.92 Å². The number of rotatable bonds is 2. The van der Waals surface area contributed by atoms with E-state index in [1.165, 1.54) is 6.07 Å². The summed E-state index contributed by atoms with van der Waals surface area (Å²) in [6.45, 7) is 2.06. The van der Waals surface area contributed by atoms with E-state index in [0.29, 0.717) is 5.92 Å². The van der Waals surface area contributed by atoms with Gasteiger partial charge in [0.05, 0.1) is 5.60 Å². The first-order chi connectivity index (χ1) is 6.16. The molecule has 1 aliphatic carbocycles. The first-order valence-electron chi connectivity index (χ1n) is 4.58. The van der Waals surface area contributed by atoms with Gasteiger partial charge >= 0.3 is 0 Å². The lowest BCUT2D eigenvalue weighted by Crippen LogP contribution is -2.12. The number of aliphatic hydroxyl groups is 1. The minimum atomic E-state index is -0.668. The number of pyridine rings is 1. The molecule has 1 aromatic heterocycles. The summed E-state index contributed by atoms with van der Waals surface area (Å²) in [5, 5.41) is 10.0. The molecular weight excluding hydrogens is 166 g/mol. The molecule has 0 spiro atoms. The molecule has 0 bridgehead atoms. The van der Waals surface area contributed by atoms with Gasteiger partial charge in [-0.25, -0.2) is 0 Å². The van der Waals surface area contributed by atoms with Crippen molar-refractivity contribution in [1.29, 1.82) is 0 Å². The molecule has 1 heterocycles. The van der Waals surface area contributed by atoms with Gasteiger partial charge in [0.2, 0.25) is 5.56 Å². The first kappa shape index (κ1) is 8.51. The van der Waals surface area contributed by atoms with Gasteiger partial charge in [-0.2, -0.15) is 0 Å². The predicted octanol–water partition coefficient (Wildman–Crippen LogP) is 0.992. The molecule has 2 unspecified atom stereocenters. The molecule has 0 aliphatic heterocycles. The fraction of sp³-hybridized carbons (Fsp3) is 0.500. The maximum absolute atomic E-state index is 10.8. The Bertz CT molecular complexity index is 351. The third-order valence-corrected chi connectivity index (χ3v) is 2.85. The van der Waals surface area contributed by atoms with Crippen LogP contribution in [0.2, 0.25) is 0 Å². The van der Waals surface area contributed by atoms with Crippen LogP contribution in [-0.4, -0.2) is 10.1 Å². The van der Waals surface area contributed by atoms with Gasteiger partial charge in [-0.05, 0) is 18.4 Å². The van der Waals surface area contributed by atoms with Gasteiger partial charge in [0.25, 0.3) is 0 Å². The molecule has 1 fully saturated rings. The normalized spacial score (nSPS) is 31.7. The highest BCUT2D eigenvalue weighted by Gasteiger charge is 2.52. The molecule has 1 aromatic rings. The Balaban J connectivity index is 2.28. The Morgan fingerprint density at radius 3 is 2.92 bits per heavy atom. The number of aromatic amines is 1. The van der Waals surface area contributed by atoms with Crippen molar-refractivity contribution in [3.63, 3.8) is 0 Å². The van der Waals surface area contributed by atoms with Crippen molar-refractivity contribution in [3.8, 4) is 0 Å². The van der Waals surface area contributed by atoms with Crippen LogP contribution in [0.5, 0.6) is 0 Å². The Labute approximate surface area is 76.4 Å². The highest BCUT2D eigenvalue weighted by atomic mass is 16.3. The van der Waals surface area contributed by atoms with Gasteiger partial charge in [0.15, 0.2) is 0 Å². The van der Waals surface area contributed by atoms with Crippen LogP contribution in [0.25, 0.3) is 0 Å². The standard InChI is InChI=1S/C10H13NO2/c1-2-7-5-10(7,13)8-3-4-9(12)11-6-8/h3-4,6-7,13H,2,5H2,1H3,(H,11,12). The van der Waals surface area contributed by atoms with E-state index >= 15 is 0 Å². The third kappa shape index (κ3) is 1.29. The second-order valence-electron chi connectivity index (χ2n) is 3.68. The van der Waals surface area contributed by atoms with Crippen LogP contribution in [0.15, 0.2) is 23.1 Å². The average Bonchev–Trinajstić information content (AvgIpc) is 2.80. The molecule has 2 rings (SSSR count). The van der Waals surface area contributed by atoms with E-state index in [1.54, 1.807) is 12.3 Å². The highest BCUT2D eigenvalue weighted by Crippen LogP contribution is 2.53. The van der Waals surface area contributed by atoms with E-state index in [-0.39, 0.29) is 5.56 Å². The van der Waals surface area contributed by atoms with Crippen LogP contribution >= 0.6 is 0 Å². The highest BCUT2D eigenvalue weighted by molar-refractivity contribution is 5.26. The lowest BCUT2D eigenvalue weighted by Gasteiger charge is -2.08. The first-order valence-corrected chi connectivity index (χ1v) is 4.58. The maximum atomic E-state index is 10.8. The van der Waals surface area contributed by atoms with E-state index in [9.17, 15) is 9.90 Å². The number of hydrogen-bond acceptors (Lipinski definition) is 2. The molecule has 1 aliphatic rings. The zero-order chi connectivity index (χ0) is 9.47. The summed E-state index contributed by atoms with van der Waals surface area (Å²) < 4.78 is 0. The largest absolute Gasteiger partial charge is 0.385 e. The summed E-state index contributed by atoms with van der Waals surface area (Å²) in [6.07, 6.45) is 3.41. The minimum Gasteiger partial charge on any atom is -0.385 e. The van der Waals surface area contributed by atoms with Crippen molar-refractivity contribution < 1.29 is 5.11 Å². The second kappa shape index (κ2) is 2.70. The topological polar surface area (TPSA) is 53.1 Å². The average molecular weight is 179 g/mol. The van der Waals surface area contributed by atoms with Crippen molar-refractivity contribution in [3.05, 3.63) is 34.2 Å². The number of H-pyrrole nitrogens is 1. The monoisotopic (exact) mass is 179 g/mol. The molecule has 0 radical (unpaired) electrons. The lowest BCUT2D eigenvalue weighted by molar-refractivity contribution is 0.130. The molecule has 13 heavy (non-hydrogen) atoms. The summed E-state index contributed by atoms with van der Waals surface area (Å²) in [5.41, 5.74) is 0.0406. The number of aromatic nitrogens is 1. The van der Waals surface area contributed by atoms with E-state index in [1.807, 2.05) is 0 Å². The van der Waals surface area contributed by atoms with Crippen LogP contribution in [0.4, 0.5) is 0 Å². The molecule has 3 nitrogen and oxygen atoms in total. The molecule has 2 N–H and O–H groups in total. The second-order valence-corrected chi connectivity index (χ2v) is 3.68. The Hall–Kier alpha value is -1.09. The maximum Gasteiger partial charge on any atom is 0.247 e. The SMILES string of the molecule is CCC1CC1(O)c1ccc(=O)[nH]c1. The van der Waals surface area contributed by atoms with E-state index in [2.05, 4.69) is 11.9 Å². The van der Waals surface area contributed by atoms with Crippen molar-refractivity contribution >= 4 is 0 Å². The molecule has 0 amide bonds. The van der Waals surface area contributed by atoms with Gasteiger partial charge in [-0.1, -0.05) is 13.3 Å². The predicted molar refractivity (Wildman–Crippen MR) is 49.4 cm³/mol. The van der Waals surface area contributed by atoms with Crippen LogP contribution in [-0.2, 0) is 5.60 Å². The molecule has 0 aromatic carbocycles. The number of hydrogen-bond donors (Lipinski definition) is 2. The zero-order valence-corrected chi connectivity index (χ0v) is 7.58. The smallest absolute Gasteiger partial charge is 0.247 e. The van der Waals surface area contributed by atoms with Crippen LogP contribution in [0.1, 0.15) is 25.3 Å². The molecule has 3 heteroatoms. The molecule has 2 atom stereocenters. The molecular formula is C10H13NO2. The summed E-state index contributed by atoms with van der Waals surface area (Å²) in [4.78, 5) is 13.4. The minimum absolute atomic E-state index is 0.124. The van der Waals surface area contributed by atoms with E-state index in [4.69, 9.17) is 0 Å². The van der Waals surface area contributed by atoms with Gasteiger partial charge in [-0.3, -0.25) is 4.79 Å². The van der Waals surface area contributed by atoms with Crippen LogP contribution < -0.4 is 5.56 Å². The molecule has 70 valence electrons. The summed E-state index contributed by atoms with van der Waals surface area (Å²) in [6, 6.07) is 3.16. The van der Waals surface area contributed by atoms with Crippen molar-refractivity contribution in [1.82, 2.24) is 4.98 Å². The van der Waals surface area contributed by atoms with Gasteiger partial charge in [0, 0.05) is 17.8 Å². The van der Waals surface area contributed by atoms with E-state index in [0.717, 1.165) is 18.4 Å². The summed E-state index contributed by atoms with van der Waals surface area (Å²) >= 11 is 0. The van der Waals surface area contributed by atoms with Gasteiger partial charge in [0.1, 0.15) is 0 Å². The Morgan fingerprint density at radius 1 is 1.69 bits per heavy atom. The van der Waals surface area contributed by atoms with Gasteiger partial charge < -0.3 is 10.1 Å². The fourth-order valence-corrected chi connectivity index (χ4v) is 1.83. The third-order valence-electron chi connectivity index (χ3n) is 2.85. The Morgan fingerprint density at radius 2 is 2.46 bits per heavy atom. The van der Waals surface area contributed by atoms with Gasteiger partial charge in [-0.15, -0.1) is 0 Å².